The van der Waals surface area contributed by atoms with E-state index in [1.54, 1.807) is 7.11 Å². The zero-order valence-corrected chi connectivity index (χ0v) is 24.7. The van der Waals surface area contributed by atoms with Crippen molar-refractivity contribution in [2.45, 2.75) is 83.8 Å². The number of hydrogen-bond donors (Lipinski definition) is 1. The van der Waals surface area contributed by atoms with Crippen molar-refractivity contribution in [2.24, 2.45) is 23.7 Å². The van der Waals surface area contributed by atoms with Gasteiger partial charge in [-0.1, -0.05) is 52.8 Å². The van der Waals surface area contributed by atoms with Gasteiger partial charge in [-0.15, -0.1) is 6.58 Å². The molecule has 36 heavy (non-hydrogen) atoms. The molecule has 0 aromatic heterocycles. The predicted molar refractivity (Wildman–Crippen MR) is 146 cm³/mol. The number of aliphatic hydroxyl groups excluding tert-OH is 1. The largest absolute Gasteiger partial charge is 0.497 e. The predicted octanol–water partition coefficient (Wildman–Crippen LogP) is 5.97. The fourth-order valence-electron chi connectivity index (χ4n) is 5.27. The summed E-state index contributed by atoms with van der Waals surface area (Å²) in [5.41, 5.74) is 0.381. The molecule has 0 spiro atoms. The van der Waals surface area contributed by atoms with E-state index in [9.17, 15) is 5.11 Å². The zero-order chi connectivity index (χ0) is 26.9. The molecule has 1 aromatic carbocycles. The maximum Gasteiger partial charge on any atom is 0.191 e. The molecule has 0 radical (unpaired) electrons. The Morgan fingerprint density at radius 1 is 1.22 bits per heavy atom. The topological polar surface area (TPSA) is 66.4 Å². The van der Waals surface area contributed by atoms with Gasteiger partial charge in [-0.3, -0.25) is 0 Å². The number of benzene rings is 1. The first-order valence-corrected chi connectivity index (χ1v) is 16.2. The van der Waals surface area contributed by atoms with E-state index in [0.29, 0.717) is 13.2 Å². The molecule has 0 unspecified atom stereocenters. The van der Waals surface area contributed by atoms with Gasteiger partial charge in [-0.25, -0.2) is 0 Å². The Labute approximate surface area is 219 Å². The van der Waals surface area contributed by atoms with Gasteiger partial charge in [0.05, 0.1) is 38.1 Å². The van der Waals surface area contributed by atoms with Crippen molar-refractivity contribution >= 4 is 8.32 Å². The standard InChI is InChI=1S/C29H48O6Si/c1-11-21(16-30)25-24(18-33-36(9,10)28(4,5)6)20(3)29(7,35-25)26-19(2)17-32-27(34-26)22-12-14-23(31-8)15-13-22/h11-15,19-21,24-27,30H,1,16-18H2,2-10H3/t19-,20-,21-,24+,25+,26+,27+,29-/m0/s1. The number of aliphatic hydroxyl groups is 1. The van der Waals surface area contributed by atoms with E-state index in [4.69, 9.17) is 23.4 Å². The van der Waals surface area contributed by atoms with Crippen LogP contribution < -0.4 is 4.74 Å². The van der Waals surface area contributed by atoms with Crippen LogP contribution in [0.2, 0.25) is 18.1 Å². The third-order valence-electron chi connectivity index (χ3n) is 8.99. The van der Waals surface area contributed by atoms with Crippen LogP contribution in [0.15, 0.2) is 36.9 Å². The first kappa shape index (κ1) is 29.3. The summed E-state index contributed by atoms with van der Waals surface area (Å²) in [6, 6.07) is 7.81. The highest BCUT2D eigenvalue weighted by molar-refractivity contribution is 6.74. The monoisotopic (exact) mass is 520 g/mol. The lowest BCUT2D eigenvalue weighted by Gasteiger charge is -2.45. The Bertz CT molecular complexity index is 866. The minimum Gasteiger partial charge on any atom is -0.497 e. The second-order valence-electron chi connectivity index (χ2n) is 12.3. The van der Waals surface area contributed by atoms with Crippen molar-refractivity contribution in [3.8, 4) is 5.75 Å². The van der Waals surface area contributed by atoms with E-state index in [1.165, 1.54) is 0 Å². The fraction of sp³-hybridized carbons (Fsp3) is 0.724. The quantitative estimate of drug-likeness (QED) is 0.320. The van der Waals surface area contributed by atoms with Crippen molar-refractivity contribution in [3.63, 3.8) is 0 Å². The van der Waals surface area contributed by atoms with Crippen molar-refractivity contribution in [3.05, 3.63) is 42.5 Å². The molecule has 0 saturated carbocycles. The minimum absolute atomic E-state index is 0.00772. The molecule has 1 aromatic rings. The Balaban J connectivity index is 1.87. The van der Waals surface area contributed by atoms with Gasteiger partial charge in [0.15, 0.2) is 14.6 Å². The molecule has 2 fully saturated rings. The Morgan fingerprint density at radius 3 is 2.39 bits per heavy atom. The molecular formula is C29H48O6Si. The summed E-state index contributed by atoms with van der Waals surface area (Å²) < 4.78 is 31.7. The number of ether oxygens (including phenoxy) is 4. The molecule has 6 nitrogen and oxygen atoms in total. The molecule has 1 N–H and O–H groups in total. The number of hydrogen-bond acceptors (Lipinski definition) is 6. The normalized spacial score (nSPS) is 34.4. The van der Waals surface area contributed by atoms with Crippen molar-refractivity contribution < 1.29 is 28.5 Å². The average Bonchev–Trinajstić information content (AvgIpc) is 3.09. The van der Waals surface area contributed by atoms with Gasteiger partial charge in [0.25, 0.3) is 0 Å². The maximum atomic E-state index is 10.2. The molecule has 7 heteroatoms. The molecule has 2 aliphatic heterocycles. The van der Waals surface area contributed by atoms with E-state index in [-0.39, 0.29) is 47.5 Å². The molecule has 0 amide bonds. The van der Waals surface area contributed by atoms with Gasteiger partial charge in [0.2, 0.25) is 0 Å². The first-order chi connectivity index (χ1) is 16.8. The van der Waals surface area contributed by atoms with Gasteiger partial charge < -0.3 is 28.5 Å². The summed E-state index contributed by atoms with van der Waals surface area (Å²) in [5.74, 6) is 1.02. The summed E-state index contributed by atoms with van der Waals surface area (Å²) in [4.78, 5) is 0. The molecule has 8 atom stereocenters. The summed E-state index contributed by atoms with van der Waals surface area (Å²) in [5, 5.41) is 10.3. The summed E-state index contributed by atoms with van der Waals surface area (Å²) in [6.45, 7) is 23.0. The van der Waals surface area contributed by atoms with Crippen LogP contribution >= 0.6 is 0 Å². The van der Waals surface area contributed by atoms with Crippen molar-refractivity contribution in [1.29, 1.82) is 0 Å². The van der Waals surface area contributed by atoms with E-state index in [0.717, 1.165) is 11.3 Å². The summed E-state index contributed by atoms with van der Waals surface area (Å²) in [6.07, 6.45) is 0.962. The van der Waals surface area contributed by atoms with E-state index < -0.39 is 20.2 Å². The second-order valence-corrected chi connectivity index (χ2v) is 17.2. The van der Waals surface area contributed by atoms with Crippen LogP contribution in [0.1, 0.15) is 53.4 Å². The fourth-order valence-corrected chi connectivity index (χ4v) is 6.31. The van der Waals surface area contributed by atoms with Crippen molar-refractivity contribution in [1.82, 2.24) is 0 Å². The molecule has 2 aliphatic rings. The molecule has 3 rings (SSSR count). The van der Waals surface area contributed by atoms with E-state index in [2.05, 4.69) is 61.2 Å². The minimum atomic E-state index is -1.95. The third kappa shape index (κ3) is 5.76. The lowest BCUT2D eigenvalue weighted by Crippen LogP contribution is -2.53. The van der Waals surface area contributed by atoms with Gasteiger partial charge in [0, 0.05) is 29.9 Å². The highest BCUT2D eigenvalue weighted by Crippen LogP contribution is 2.50. The molecule has 2 saturated heterocycles. The van der Waals surface area contributed by atoms with Crippen LogP contribution in [-0.2, 0) is 18.6 Å². The molecule has 0 bridgehead atoms. The third-order valence-corrected chi connectivity index (χ3v) is 13.5. The van der Waals surface area contributed by atoms with Gasteiger partial charge in [-0.05, 0) is 43.1 Å². The Hall–Kier alpha value is -1.22. The van der Waals surface area contributed by atoms with Crippen LogP contribution in [-0.4, -0.2) is 58.2 Å². The highest BCUT2D eigenvalue weighted by Gasteiger charge is 2.58. The second kappa shape index (κ2) is 11.3. The highest BCUT2D eigenvalue weighted by atomic mass is 28.4. The molecular weight excluding hydrogens is 472 g/mol. The molecule has 0 aliphatic carbocycles. The smallest absolute Gasteiger partial charge is 0.191 e. The van der Waals surface area contributed by atoms with Crippen LogP contribution in [0.5, 0.6) is 5.75 Å². The van der Waals surface area contributed by atoms with Crippen LogP contribution in [0.3, 0.4) is 0 Å². The van der Waals surface area contributed by atoms with Crippen molar-refractivity contribution in [2.75, 3.05) is 26.9 Å². The van der Waals surface area contributed by atoms with Gasteiger partial charge >= 0.3 is 0 Å². The van der Waals surface area contributed by atoms with Crippen LogP contribution in [0, 0.1) is 23.7 Å². The maximum absolute atomic E-state index is 10.2. The van der Waals surface area contributed by atoms with E-state index >= 15 is 0 Å². The summed E-state index contributed by atoms with van der Waals surface area (Å²) >= 11 is 0. The average molecular weight is 521 g/mol. The zero-order valence-electron chi connectivity index (χ0n) is 23.7. The van der Waals surface area contributed by atoms with Gasteiger partial charge in [-0.2, -0.15) is 0 Å². The Morgan fingerprint density at radius 2 is 1.86 bits per heavy atom. The molecule has 204 valence electrons. The van der Waals surface area contributed by atoms with Gasteiger partial charge in [0.1, 0.15) is 5.75 Å². The lowest BCUT2D eigenvalue weighted by atomic mass is 9.74. The number of methoxy groups -OCH3 is 1. The molecule has 2 heterocycles. The van der Waals surface area contributed by atoms with E-state index in [1.807, 2.05) is 30.3 Å². The summed E-state index contributed by atoms with van der Waals surface area (Å²) in [7, 11) is -0.297. The first-order valence-electron chi connectivity index (χ1n) is 13.2. The van der Waals surface area contributed by atoms with Crippen LogP contribution in [0.25, 0.3) is 0 Å². The Kier molecular flexibility index (Phi) is 9.17. The lowest BCUT2D eigenvalue weighted by molar-refractivity contribution is -0.287. The SMILES string of the molecule is C=C[C@@H](CO)[C@H]1O[C@](C)([C@@H]2O[C@H](c3ccc(OC)cc3)OC[C@@H]2C)[C@@H](C)[C@H]1CO[Si](C)(C)C(C)(C)C. The van der Waals surface area contributed by atoms with Crippen LogP contribution in [0.4, 0.5) is 0 Å². The number of rotatable bonds is 9.